The number of alkyl halides is 3. The van der Waals surface area contributed by atoms with Gasteiger partial charge in [0.05, 0.1) is 19.7 Å². The van der Waals surface area contributed by atoms with Crippen LogP contribution in [0.25, 0.3) is 27.4 Å². The lowest BCUT2D eigenvalue weighted by Crippen LogP contribution is -2.31. The van der Waals surface area contributed by atoms with Crippen LogP contribution < -0.4 is 4.90 Å². The number of carbonyl (C=O) groups excluding carboxylic acids is 1. The molecule has 0 N–H and O–H groups in total. The number of benzene rings is 2. The van der Waals surface area contributed by atoms with Gasteiger partial charge in [0, 0.05) is 48.7 Å². The average molecular weight is 604 g/mol. The number of nitrogens with zero attached hydrogens (tertiary/aromatic N) is 7. The van der Waals surface area contributed by atoms with Crippen LogP contribution in [0, 0.1) is 12.4 Å². The third-order valence-electron chi connectivity index (χ3n) is 7.61. The van der Waals surface area contributed by atoms with Crippen molar-refractivity contribution in [1.82, 2.24) is 19.7 Å². The number of amides is 1. The number of hydrogen-bond acceptors (Lipinski definition) is 6. The van der Waals surface area contributed by atoms with Gasteiger partial charge in [-0.15, -0.1) is 10.2 Å². The van der Waals surface area contributed by atoms with Crippen molar-refractivity contribution in [3.05, 3.63) is 88.4 Å². The van der Waals surface area contributed by atoms with Crippen LogP contribution in [0.15, 0.2) is 53.8 Å². The van der Waals surface area contributed by atoms with Crippen molar-refractivity contribution in [1.29, 1.82) is 0 Å². The summed E-state index contributed by atoms with van der Waals surface area (Å²) in [7, 11) is 2.93. The van der Waals surface area contributed by atoms with Crippen LogP contribution in [-0.2, 0) is 18.3 Å². The summed E-state index contributed by atoms with van der Waals surface area (Å²) in [5, 5.41) is 8.21. The molecule has 1 aliphatic heterocycles. The third-order valence-corrected chi connectivity index (χ3v) is 7.61. The molecule has 3 heterocycles. The normalized spacial score (nSPS) is 15.6. The van der Waals surface area contributed by atoms with E-state index in [1.165, 1.54) is 11.0 Å². The zero-order valence-corrected chi connectivity index (χ0v) is 23.6. The summed E-state index contributed by atoms with van der Waals surface area (Å²) in [6, 6.07) is 9.21. The Balaban J connectivity index is 1.39. The molecule has 0 saturated heterocycles. The van der Waals surface area contributed by atoms with E-state index in [0.717, 1.165) is 49.1 Å². The number of rotatable bonds is 8. The number of pyridine rings is 1. The van der Waals surface area contributed by atoms with Crippen molar-refractivity contribution in [3.63, 3.8) is 0 Å². The molecule has 6 rings (SSSR count). The van der Waals surface area contributed by atoms with Gasteiger partial charge in [0.2, 0.25) is 0 Å². The van der Waals surface area contributed by atoms with Gasteiger partial charge in [0.15, 0.2) is 17.6 Å². The first kappa shape index (κ1) is 29.1. The number of anilines is 1. The van der Waals surface area contributed by atoms with Crippen molar-refractivity contribution < 1.29 is 27.1 Å². The highest BCUT2D eigenvalue weighted by molar-refractivity contribution is 6.10. The second kappa shape index (κ2) is 11.3. The van der Waals surface area contributed by atoms with Gasteiger partial charge in [-0.05, 0) is 59.9 Å². The number of aryl methyl sites for hydroxylation is 1. The fourth-order valence-electron chi connectivity index (χ4n) is 5.18. The third kappa shape index (κ3) is 5.56. The molecule has 2 aromatic carbocycles. The van der Waals surface area contributed by atoms with E-state index in [0.29, 0.717) is 22.9 Å². The number of carbonyl (C=O) groups is 1. The minimum Gasteiger partial charge on any atom is -0.382 e. The Hall–Kier alpha value is -4.96. The maximum atomic E-state index is 15.3. The Kier molecular flexibility index (Phi) is 7.46. The lowest BCUT2D eigenvalue weighted by molar-refractivity contribution is -0.156. The molecule has 0 radical (unpaired) electrons. The number of hydrogen-bond donors (Lipinski definition) is 0. The zero-order valence-electron chi connectivity index (χ0n) is 23.6. The highest BCUT2D eigenvalue weighted by Crippen LogP contribution is 2.43. The van der Waals surface area contributed by atoms with E-state index >= 15 is 4.39 Å². The maximum absolute atomic E-state index is 15.3. The number of aromatic nitrogens is 4. The monoisotopic (exact) mass is 603 g/mol. The summed E-state index contributed by atoms with van der Waals surface area (Å²) in [5.74, 6) is -0.177. The number of halogens is 4. The van der Waals surface area contributed by atoms with Crippen molar-refractivity contribution in [3.8, 4) is 22.5 Å². The Morgan fingerprint density at radius 3 is 2.61 bits per heavy atom. The fourth-order valence-corrected chi connectivity index (χ4v) is 5.18. The summed E-state index contributed by atoms with van der Waals surface area (Å²) < 4.78 is 61.4. The Bertz CT molecular complexity index is 1840. The smallest absolute Gasteiger partial charge is 0.382 e. The highest BCUT2D eigenvalue weighted by atomic mass is 19.4. The molecule has 1 atom stereocenters. The minimum atomic E-state index is -4.65. The molecule has 1 unspecified atom stereocenters. The molecule has 1 saturated carbocycles. The van der Waals surface area contributed by atoms with Crippen molar-refractivity contribution in [2.45, 2.75) is 37.5 Å². The molecular formula is C31H25F4N7O2. The Morgan fingerprint density at radius 1 is 1.16 bits per heavy atom. The maximum Gasteiger partial charge on any atom is 0.412 e. The summed E-state index contributed by atoms with van der Waals surface area (Å²) in [6.07, 6.45) is -0.299. The molecule has 0 bridgehead atoms. The first-order chi connectivity index (χ1) is 21.1. The highest BCUT2D eigenvalue weighted by Gasteiger charge is 2.39. The molecule has 44 heavy (non-hydrogen) atoms. The second-order valence-electron chi connectivity index (χ2n) is 10.7. The number of methoxy groups -OCH3 is 1. The van der Waals surface area contributed by atoms with Crippen molar-refractivity contribution in [2.24, 2.45) is 12.0 Å². The van der Waals surface area contributed by atoms with Crippen LogP contribution >= 0.6 is 0 Å². The first-order valence-electron chi connectivity index (χ1n) is 13.7. The zero-order chi connectivity index (χ0) is 31.2. The van der Waals surface area contributed by atoms with Gasteiger partial charge in [-0.2, -0.15) is 13.2 Å². The molecule has 4 aromatic rings. The lowest BCUT2D eigenvalue weighted by Gasteiger charge is -2.18. The van der Waals surface area contributed by atoms with E-state index in [4.69, 9.17) is 11.6 Å². The molecule has 224 valence electrons. The van der Waals surface area contributed by atoms with Crippen molar-refractivity contribution >= 4 is 23.6 Å². The van der Waals surface area contributed by atoms with E-state index in [-0.39, 0.29) is 29.2 Å². The summed E-state index contributed by atoms with van der Waals surface area (Å²) in [6.45, 7) is 6.70. The minimum absolute atomic E-state index is 0.0235. The quantitative estimate of drug-likeness (QED) is 0.135. The molecular weight excluding hydrogens is 578 g/mol. The molecule has 1 aliphatic carbocycles. The summed E-state index contributed by atoms with van der Waals surface area (Å²) in [4.78, 5) is 26.9. The average Bonchev–Trinajstić information content (AvgIpc) is 3.68. The standard InChI is InChI=1S/C31H25F4N7O2/c1-36-20-6-7-21(22(12-20)29-40-38-16-41(29)2)19-10-26(18-4-5-18)39-28(11-19)42-14-24-23(30(42)43)8-17(9-25(24)32)13-37-27(15-44-3)31(33,34)35/h6-13,16,18,27H,4-5,14-15H2,2-3H3. The van der Waals surface area contributed by atoms with E-state index in [2.05, 4.69) is 24.8 Å². The molecule has 1 amide bonds. The second-order valence-corrected chi connectivity index (χ2v) is 10.7. The predicted molar refractivity (Wildman–Crippen MR) is 154 cm³/mol. The van der Waals surface area contributed by atoms with Gasteiger partial charge in [-0.1, -0.05) is 12.1 Å². The molecule has 1 fully saturated rings. The van der Waals surface area contributed by atoms with E-state index in [1.807, 2.05) is 12.1 Å². The molecule has 13 heteroatoms. The fraction of sp³-hybridized carbons (Fsp3) is 0.290. The van der Waals surface area contributed by atoms with E-state index in [1.54, 1.807) is 36.1 Å². The predicted octanol–water partition coefficient (Wildman–Crippen LogP) is 6.27. The molecule has 2 aliphatic rings. The Labute approximate surface area is 249 Å². The van der Waals surface area contributed by atoms with E-state index in [9.17, 15) is 18.0 Å². The van der Waals surface area contributed by atoms with Crippen LogP contribution in [0.5, 0.6) is 0 Å². The van der Waals surface area contributed by atoms with Gasteiger partial charge in [-0.3, -0.25) is 14.7 Å². The van der Waals surface area contributed by atoms with Gasteiger partial charge in [-0.25, -0.2) is 14.2 Å². The Morgan fingerprint density at radius 2 is 1.95 bits per heavy atom. The van der Waals surface area contributed by atoms with Gasteiger partial charge < -0.3 is 9.30 Å². The SMILES string of the molecule is [C-]#[N+]c1ccc(-c2cc(C3CC3)nc(N3Cc4c(F)cc(C=NC(COC)C(F)(F)F)cc4C3=O)c2)c(-c2nncn2C)c1. The number of ether oxygens (including phenoxy) is 1. The largest absolute Gasteiger partial charge is 0.412 e. The molecule has 2 aromatic heterocycles. The topological polar surface area (TPSA) is 89.9 Å². The van der Waals surface area contributed by atoms with Gasteiger partial charge >= 0.3 is 6.18 Å². The van der Waals surface area contributed by atoms with Crippen molar-refractivity contribution in [2.75, 3.05) is 18.6 Å². The van der Waals surface area contributed by atoms with Crippen LogP contribution in [-0.4, -0.2) is 57.8 Å². The van der Waals surface area contributed by atoms with Gasteiger partial charge in [0.25, 0.3) is 5.91 Å². The first-order valence-corrected chi connectivity index (χ1v) is 13.7. The summed E-state index contributed by atoms with van der Waals surface area (Å²) in [5.41, 5.74) is 3.55. The summed E-state index contributed by atoms with van der Waals surface area (Å²) >= 11 is 0. The molecule has 0 spiro atoms. The number of aliphatic imine (C=N–C) groups is 1. The van der Waals surface area contributed by atoms with Crippen LogP contribution in [0.3, 0.4) is 0 Å². The van der Waals surface area contributed by atoms with Gasteiger partial charge in [0.1, 0.15) is 18.0 Å². The number of fused-ring (bicyclic) bond motifs is 1. The van der Waals surface area contributed by atoms with E-state index < -0.39 is 30.5 Å². The van der Waals surface area contributed by atoms with Crippen LogP contribution in [0.2, 0.25) is 0 Å². The molecule has 9 nitrogen and oxygen atoms in total. The lowest BCUT2D eigenvalue weighted by atomic mass is 9.97. The van der Waals surface area contributed by atoms with Crippen LogP contribution in [0.4, 0.5) is 29.1 Å². The van der Waals surface area contributed by atoms with Crippen LogP contribution in [0.1, 0.15) is 45.9 Å².